The Bertz CT molecular complexity index is 1620. The second-order valence-electron chi connectivity index (χ2n) is 10.8. The summed E-state index contributed by atoms with van der Waals surface area (Å²) >= 11 is 0. The first-order valence-corrected chi connectivity index (χ1v) is 13.3. The van der Waals surface area contributed by atoms with Gasteiger partial charge >= 0.3 is 0 Å². The Morgan fingerprint density at radius 2 is 1.63 bits per heavy atom. The molecule has 5 rings (SSSR count). The third-order valence-electron chi connectivity index (χ3n) is 6.66. The first kappa shape index (κ1) is 27.6. The first-order chi connectivity index (χ1) is 19.7. The standard InChI is InChI=1S/C33H31FN4O3/c1-33(2,3)25-13-11-24(12-14-25)32(40)37(21-28-10-7-19-41-28)22-31(39)35-30-20-29(23-8-5-4-6-9-23)36-38(30)27-17-15-26(34)16-18-27/h4-20H,21-22H2,1-3H3,(H,35,39). The van der Waals surface area contributed by atoms with E-state index >= 15 is 0 Å². The van der Waals surface area contributed by atoms with E-state index in [-0.39, 0.29) is 30.2 Å². The lowest BCUT2D eigenvalue weighted by atomic mass is 9.86. The Morgan fingerprint density at radius 3 is 2.27 bits per heavy atom. The van der Waals surface area contributed by atoms with Gasteiger partial charge in [0.25, 0.3) is 5.91 Å². The summed E-state index contributed by atoms with van der Waals surface area (Å²) in [6.45, 7) is 6.22. The molecular weight excluding hydrogens is 519 g/mol. The Kier molecular flexibility index (Phi) is 7.83. The van der Waals surface area contributed by atoms with Crippen molar-refractivity contribution in [1.29, 1.82) is 0 Å². The normalized spacial score (nSPS) is 11.3. The van der Waals surface area contributed by atoms with E-state index in [1.54, 1.807) is 47.1 Å². The van der Waals surface area contributed by atoms with Gasteiger partial charge in [-0.05, 0) is 59.5 Å². The highest BCUT2D eigenvalue weighted by Crippen LogP contribution is 2.26. The highest BCUT2D eigenvalue weighted by Gasteiger charge is 2.23. The van der Waals surface area contributed by atoms with Crippen LogP contribution in [0.25, 0.3) is 16.9 Å². The van der Waals surface area contributed by atoms with Crippen LogP contribution in [-0.2, 0) is 16.8 Å². The van der Waals surface area contributed by atoms with Gasteiger partial charge in [0, 0.05) is 17.2 Å². The summed E-state index contributed by atoms with van der Waals surface area (Å²) in [6, 6.07) is 28.1. The zero-order valence-electron chi connectivity index (χ0n) is 23.2. The number of aromatic nitrogens is 2. The zero-order chi connectivity index (χ0) is 29.0. The number of anilines is 1. The highest BCUT2D eigenvalue weighted by atomic mass is 19.1. The van der Waals surface area contributed by atoms with Gasteiger partial charge < -0.3 is 14.6 Å². The molecular formula is C33H31FN4O3. The summed E-state index contributed by atoms with van der Waals surface area (Å²) in [5, 5.41) is 7.57. The fraction of sp³-hybridized carbons (Fsp3) is 0.182. The molecule has 5 aromatic rings. The second kappa shape index (κ2) is 11.6. The van der Waals surface area contributed by atoms with Crippen LogP contribution in [0.15, 0.2) is 108 Å². The fourth-order valence-electron chi connectivity index (χ4n) is 4.44. The number of nitrogens with one attached hydrogen (secondary N) is 1. The van der Waals surface area contributed by atoms with Crippen LogP contribution in [0, 0.1) is 5.82 Å². The van der Waals surface area contributed by atoms with Crippen LogP contribution < -0.4 is 5.32 Å². The third kappa shape index (κ3) is 6.61. The maximum Gasteiger partial charge on any atom is 0.254 e. The zero-order valence-corrected chi connectivity index (χ0v) is 23.2. The monoisotopic (exact) mass is 550 g/mol. The molecule has 208 valence electrons. The molecule has 0 bridgehead atoms. The van der Waals surface area contributed by atoms with E-state index in [0.717, 1.165) is 11.1 Å². The molecule has 2 heterocycles. The molecule has 8 heteroatoms. The van der Waals surface area contributed by atoms with Crippen molar-refractivity contribution in [2.45, 2.75) is 32.7 Å². The summed E-state index contributed by atoms with van der Waals surface area (Å²) < 4.78 is 20.7. The largest absolute Gasteiger partial charge is 0.467 e. The number of hydrogen-bond acceptors (Lipinski definition) is 4. The van der Waals surface area contributed by atoms with Crippen molar-refractivity contribution in [3.8, 4) is 16.9 Å². The van der Waals surface area contributed by atoms with E-state index in [0.29, 0.717) is 28.5 Å². The lowest BCUT2D eigenvalue weighted by Gasteiger charge is -2.23. The molecule has 2 amide bonds. The molecule has 0 aliphatic carbocycles. The van der Waals surface area contributed by atoms with Crippen molar-refractivity contribution in [3.63, 3.8) is 0 Å². The first-order valence-electron chi connectivity index (χ1n) is 13.3. The molecule has 2 aromatic heterocycles. The topological polar surface area (TPSA) is 80.4 Å². The number of benzene rings is 3. The minimum atomic E-state index is -0.418. The summed E-state index contributed by atoms with van der Waals surface area (Å²) in [5.74, 6) is -0.147. The van der Waals surface area contributed by atoms with Crippen LogP contribution in [0.3, 0.4) is 0 Å². The minimum Gasteiger partial charge on any atom is -0.467 e. The molecule has 0 fully saturated rings. The quantitative estimate of drug-likeness (QED) is 0.229. The highest BCUT2D eigenvalue weighted by molar-refractivity contribution is 5.99. The molecule has 0 aliphatic rings. The van der Waals surface area contributed by atoms with Crippen molar-refractivity contribution in [3.05, 3.63) is 126 Å². The predicted octanol–water partition coefficient (Wildman–Crippen LogP) is 6.85. The number of nitrogens with zero attached hydrogens (tertiary/aromatic N) is 3. The maximum absolute atomic E-state index is 13.6. The van der Waals surface area contributed by atoms with E-state index < -0.39 is 5.91 Å². The van der Waals surface area contributed by atoms with Crippen LogP contribution in [0.1, 0.15) is 42.5 Å². The average Bonchev–Trinajstić information content (AvgIpc) is 3.63. The number of carbonyl (C=O) groups excluding carboxylic acids is 2. The molecule has 0 atom stereocenters. The van der Waals surface area contributed by atoms with Crippen LogP contribution >= 0.6 is 0 Å². The molecule has 3 aromatic carbocycles. The van der Waals surface area contributed by atoms with Crippen LogP contribution in [0.4, 0.5) is 10.2 Å². The lowest BCUT2D eigenvalue weighted by Crippen LogP contribution is -2.37. The maximum atomic E-state index is 13.6. The summed E-state index contributed by atoms with van der Waals surface area (Å²) in [4.78, 5) is 28.4. The van der Waals surface area contributed by atoms with Crippen LogP contribution in [0.2, 0.25) is 0 Å². The number of halogens is 1. The van der Waals surface area contributed by atoms with Gasteiger partial charge in [-0.3, -0.25) is 9.59 Å². The van der Waals surface area contributed by atoms with Gasteiger partial charge in [0.05, 0.1) is 24.2 Å². The molecule has 0 unspecified atom stereocenters. The molecule has 1 N–H and O–H groups in total. The molecule has 0 aliphatic heterocycles. The summed E-state index contributed by atoms with van der Waals surface area (Å²) in [7, 11) is 0. The SMILES string of the molecule is CC(C)(C)c1ccc(C(=O)N(CC(=O)Nc2cc(-c3ccccc3)nn2-c2ccc(F)cc2)Cc2ccco2)cc1. The third-order valence-corrected chi connectivity index (χ3v) is 6.66. The molecule has 0 spiro atoms. The average molecular weight is 551 g/mol. The Balaban J connectivity index is 1.41. The Hall–Kier alpha value is -4.98. The molecule has 7 nitrogen and oxygen atoms in total. The predicted molar refractivity (Wildman–Crippen MR) is 156 cm³/mol. The van der Waals surface area contributed by atoms with Gasteiger partial charge in [-0.25, -0.2) is 9.07 Å². The molecule has 0 saturated heterocycles. The van der Waals surface area contributed by atoms with E-state index in [2.05, 4.69) is 31.2 Å². The number of amides is 2. The van der Waals surface area contributed by atoms with Crippen molar-refractivity contribution >= 4 is 17.6 Å². The van der Waals surface area contributed by atoms with Gasteiger partial charge in [-0.1, -0.05) is 63.2 Å². The second-order valence-corrected chi connectivity index (χ2v) is 10.8. The number of furan rings is 1. The van der Waals surface area contributed by atoms with Crippen molar-refractivity contribution in [2.75, 3.05) is 11.9 Å². The van der Waals surface area contributed by atoms with Gasteiger partial charge in [0.1, 0.15) is 23.9 Å². The smallest absolute Gasteiger partial charge is 0.254 e. The molecule has 0 saturated carbocycles. The number of rotatable bonds is 8. The van der Waals surface area contributed by atoms with Gasteiger partial charge in [0.15, 0.2) is 0 Å². The van der Waals surface area contributed by atoms with E-state index in [1.807, 2.05) is 42.5 Å². The van der Waals surface area contributed by atoms with Gasteiger partial charge in [-0.15, -0.1) is 0 Å². The fourth-order valence-corrected chi connectivity index (χ4v) is 4.44. The van der Waals surface area contributed by atoms with E-state index in [1.165, 1.54) is 23.3 Å². The van der Waals surface area contributed by atoms with Crippen molar-refractivity contribution < 1.29 is 18.4 Å². The van der Waals surface area contributed by atoms with E-state index in [9.17, 15) is 14.0 Å². The molecule has 0 radical (unpaired) electrons. The summed E-state index contributed by atoms with van der Waals surface area (Å²) in [6.07, 6.45) is 1.53. The lowest BCUT2D eigenvalue weighted by molar-refractivity contribution is -0.117. The van der Waals surface area contributed by atoms with Crippen LogP contribution in [0.5, 0.6) is 0 Å². The van der Waals surface area contributed by atoms with Crippen LogP contribution in [-0.4, -0.2) is 33.0 Å². The Labute approximate surface area is 238 Å². The Morgan fingerprint density at radius 1 is 0.927 bits per heavy atom. The van der Waals surface area contributed by atoms with Crippen molar-refractivity contribution in [2.24, 2.45) is 0 Å². The van der Waals surface area contributed by atoms with Crippen molar-refractivity contribution in [1.82, 2.24) is 14.7 Å². The molecule has 41 heavy (non-hydrogen) atoms. The van der Waals surface area contributed by atoms with E-state index in [4.69, 9.17) is 4.42 Å². The summed E-state index contributed by atoms with van der Waals surface area (Å²) in [5.41, 5.74) is 3.59. The van der Waals surface area contributed by atoms with Gasteiger partial charge in [-0.2, -0.15) is 5.10 Å². The number of carbonyl (C=O) groups is 2. The minimum absolute atomic E-state index is 0.0542. The van der Waals surface area contributed by atoms with Gasteiger partial charge in [0.2, 0.25) is 5.91 Å². The number of hydrogen-bond donors (Lipinski definition) is 1.